The molecule has 2 aliphatic heterocycles. The van der Waals surface area contributed by atoms with E-state index in [1.54, 1.807) is 0 Å². The normalized spacial score (nSPS) is 22.0. The summed E-state index contributed by atoms with van der Waals surface area (Å²) < 4.78 is 1.29. The van der Waals surface area contributed by atoms with Crippen LogP contribution in [-0.4, -0.2) is 52.9 Å². The van der Waals surface area contributed by atoms with E-state index in [0.29, 0.717) is 11.8 Å². The Balaban J connectivity index is 1.34. The maximum atomic E-state index is 12.8. The van der Waals surface area contributed by atoms with E-state index in [9.17, 15) is 4.79 Å². The van der Waals surface area contributed by atoms with Crippen molar-refractivity contribution >= 4 is 27.5 Å². The molecule has 0 bridgehead atoms. The molecular weight excluding hydrogens is 342 g/mol. The molecule has 140 valence electrons. The van der Waals surface area contributed by atoms with Gasteiger partial charge in [0.05, 0.1) is 21.3 Å². The third kappa shape index (κ3) is 3.65. The van der Waals surface area contributed by atoms with Crippen LogP contribution in [0.5, 0.6) is 0 Å². The Kier molecular flexibility index (Phi) is 5.28. The Morgan fingerprint density at radius 2 is 1.81 bits per heavy atom. The molecule has 1 amide bonds. The molecule has 4 rings (SSSR count). The van der Waals surface area contributed by atoms with Crippen molar-refractivity contribution in [2.75, 3.05) is 26.2 Å². The molecule has 0 spiro atoms. The fourth-order valence-electron chi connectivity index (χ4n) is 4.25. The molecule has 0 N–H and O–H groups in total. The van der Waals surface area contributed by atoms with Crippen LogP contribution in [0.3, 0.4) is 0 Å². The minimum atomic E-state index is 0.0136. The Morgan fingerprint density at radius 3 is 2.50 bits per heavy atom. The van der Waals surface area contributed by atoms with Gasteiger partial charge in [-0.25, -0.2) is 4.98 Å². The second-order valence-electron chi connectivity index (χ2n) is 8.01. The van der Waals surface area contributed by atoms with Crippen LogP contribution >= 0.6 is 11.3 Å². The molecule has 1 aromatic carbocycles. The smallest absolute Gasteiger partial charge is 0.239 e. The number of carbonyl (C=O) groups is 1. The molecule has 26 heavy (non-hydrogen) atoms. The number of likely N-dealkylation sites (tertiary alicyclic amines) is 2. The first-order valence-corrected chi connectivity index (χ1v) is 10.8. The molecule has 0 aliphatic carbocycles. The highest BCUT2D eigenvalue weighted by atomic mass is 32.1. The molecule has 0 radical (unpaired) electrons. The molecule has 1 aromatic heterocycles. The third-order valence-electron chi connectivity index (χ3n) is 6.19. The van der Waals surface area contributed by atoms with Crippen LogP contribution < -0.4 is 0 Å². The lowest BCUT2D eigenvalue weighted by Crippen LogP contribution is -2.51. The standard InChI is InChI=1S/C21H29N3OS/c1-15-7-11-24(12-8-15)21(25)16(2)23-13-9-17(10-14-23)20-22-18-5-3-4-6-19(18)26-20/h3-6,15-17H,7-14H2,1-2H3. The average Bonchev–Trinajstić information content (AvgIpc) is 3.12. The van der Waals surface area contributed by atoms with Crippen molar-refractivity contribution in [1.29, 1.82) is 0 Å². The summed E-state index contributed by atoms with van der Waals surface area (Å²) in [4.78, 5) is 22.2. The molecule has 5 heteroatoms. The van der Waals surface area contributed by atoms with E-state index < -0.39 is 0 Å². The first-order valence-electron chi connectivity index (χ1n) is 10.00. The predicted molar refractivity (Wildman–Crippen MR) is 108 cm³/mol. The first-order chi connectivity index (χ1) is 12.6. The van der Waals surface area contributed by atoms with Crippen LogP contribution in [0.4, 0.5) is 0 Å². The minimum Gasteiger partial charge on any atom is -0.341 e. The number of aromatic nitrogens is 1. The van der Waals surface area contributed by atoms with Gasteiger partial charge in [0, 0.05) is 19.0 Å². The third-order valence-corrected chi connectivity index (χ3v) is 7.39. The highest BCUT2D eigenvalue weighted by molar-refractivity contribution is 7.18. The number of carbonyl (C=O) groups excluding carboxylic acids is 1. The van der Waals surface area contributed by atoms with Crippen LogP contribution in [0.2, 0.25) is 0 Å². The van der Waals surface area contributed by atoms with Gasteiger partial charge in [0.1, 0.15) is 0 Å². The number of hydrogen-bond acceptors (Lipinski definition) is 4. The zero-order chi connectivity index (χ0) is 18.1. The van der Waals surface area contributed by atoms with E-state index in [0.717, 1.165) is 63.3 Å². The van der Waals surface area contributed by atoms with E-state index in [1.807, 2.05) is 11.3 Å². The van der Waals surface area contributed by atoms with Crippen molar-refractivity contribution < 1.29 is 4.79 Å². The number of nitrogens with zero attached hydrogens (tertiary/aromatic N) is 3. The van der Waals surface area contributed by atoms with Gasteiger partial charge in [-0.1, -0.05) is 19.1 Å². The summed E-state index contributed by atoms with van der Waals surface area (Å²) in [6, 6.07) is 8.42. The number of fused-ring (bicyclic) bond motifs is 1. The molecule has 1 atom stereocenters. The molecule has 2 saturated heterocycles. The summed E-state index contributed by atoms with van der Waals surface area (Å²) in [5.74, 6) is 1.64. The Labute approximate surface area is 160 Å². The zero-order valence-corrected chi connectivity index (χ0v) is 16.7. The van der Waals surface area contributed by atoms with Gasteiger partial charge >= 0.3 is 0 Å². The van der Waals surface area contributed by atoms with Crippen molar-refractivity contribution in [2.45, 2.75) is 51.5 Å². The van der Waals surface area contributed by atoms with Crippen LogP contribution in [0.25, 0.3) is 10.2 Å². The molecule has 2 aromatic rings. The van der Waals surface area contributed by atoms with E-state index >= 15 is 0 Å². The summed E-state index contributed by atoms with van der Waals surface area (Å²) in [5.41, 5.74) is 1.12. The Morgan fingerprint density at radius 1 is 1.12 bits per heavy atom. The second kappa shape index (κ2) is 7.65. The number of piperidine rings is 2. The van der Waals surface area contributed by atoms with Crippen LogP contribution in [-0.2, 0) is 4.79 Å². The highest BCUT2D eigenvalue weighted by Gasteiger charge is 2.31. The van der Waals surface area contributed by atoms with Crippen molar-refractivity contribution in [3.05, 3.63) is 29.3 Å². The first kappa shape index (κ1) is 17.9. The molecule has 0 saturated carbocycles. The summed E-state index contributed by atoms with van der Waals surface area (Å²) in [6.45, 7) is 8.25. The monoisotopic (exact) mass is 371 g/mol. The molecule has 3 heterocycles. The van der Waals surface area contributed by atoms with Gasteiger partial charge in [-0.3, -0.25) is 9.69 Å². The number of hydrogen-bond donors (Lipinski definition) is 0. The van der Waals surface area contributed by atoms with E-state index in [1.165, 1.54) is 9.71 Å². The van der Waals surface area contributed by atoms with Crippen LogP contribution in [0, 0.1) is 5.92 Å². The van der Waals surface area contributed by atoms with E-state index in [4.69, 9.17) is 4.98 Å². The van der Waals surface area contributed by atoms with Gasteiger partial charge in [-0.2, -0.15) is 0 Å². The number of para-hydroxylation sites is 1. The van der Waals surface area contributed by atoms with Crippen LogP contribution in [0.15, 0.2) is 24.3 Å². The summed E-state index contributed by atoms with van der Waals surface area (Å²) in [7, 11) is 0. The van der Waals surface area contributed by atoms with Gasteiger partial charge in [0.25, 0.3) is 0 Å². The largest absolute Gasteiger partial charge is 0.341 e. The van der Waals surface area contributed by atoms with Crippen molar-refractivity contribution in [3.8, 4) is 0 Å². The zero-order valence-electron chi connectivity index (χ0n) is 15.9. The Bertz CT molecular complexity index is 724. The Hall–Kier alpha value is -1.46. The number of amides is 1. The average molecular weight is 372 g/mol. The maximum absolute atomic E-state index is 12.8. The molecular formula is C21H29N3OS. The van der Waals surface area contributed by atoms with Crippen molar-refractivity contribution in [3.63, 3.8) is 0 Å². The molecule has 2 aliphatic rings. The van der Waals surface area contributed by atoms with Crippen LogP contribution in [0.1, 0.15) is 50.5 Å². The summed E-state index contributed by atoms with van der Waals surface area (Å²) in [5, 5.41) is 1.27. The summed E-state index contributed by atoms with van der Waals surface area (Å²) in [6.07, 6.45) is 4.51. The van der Waals surface area contributed by atoms with Gasteiger partial charge in [-0.05, 0) is 63.7 Å². The maximum Gasteiger partial charge on any atom is 0.239 e. The number of rotatable bonds is 3. The van der Waals surface area contributed by atoms with E-state index in [-0.39, 0.29) is 6.04 Å². The van der Waals surface area contributed by atoms with Crippen molar-refractivity contribution in [2.24, 2.45) is 5.92 Å². The van der Waals surface area contributed by atoms with Gasteiger partial charge in [0.2, 0.25) is 5.91 Å². The molecule has 1 unspecified atom stereocenters. The summed E-state index contributed by atoms with van der Waals surface area (Å²) >= 11 is 1.84. The molecule has 4 nitrogen and oxygen atoms in total. The lowest BCUT2D eigenvalue weighted by atomic mass is 9.95. The second-order valence-corrected chi connectivity index (χ2v) is 9.08. The SMILES string of the molecule is CC1CCN(C(=O)C(C)N2CCC(c3nc4ccccc4s3)CC2)CC1. The van der Waals surface area contributed by atoms with Gasteiger partial charge in [0.15, 0.2) is 0 Å². The molecule has 2 fully saturated rings. The topological polar surface area (TPSA) is 36.4 Å². The fraction of sp³-hybridized carbons (Fsp3) is 0.619. The number of thiazole rings is 1. The lowest BCUT2D eigenvalue weighted by molar-refractivity contribution is -0.138. The van der Waals surface area contributed by atoms with Gasteiger partial charge < -0.3 is 4.90 Å². The minimum absolute atomic E-state index is 0.0136. The van der Waals surface area contributed by atoms with E-state index in [2.05, 4.69) is 47.9 Å². The lowest BCUT2D eigenvalue weighted by Gasteiger charge is -2.38. The number of benzene rings is 1. The van der Waals surface area contributed by atoms with Gasteiger partial charge in [-0.15, -0.1) is 11.3 Å². The van der Waals surface area contributed by atoms with Crippen molar-refractivity contribution in [1.82, 2.24) is 14.8 Å². The quantitative estimate of drug-likeness (QED) is 0.814. The fourth-order valence-corrected chi connectivity index (χ4v) is 5.38. The highest BCUT2D eigenvalue weighted by Crippen LogP contribution is 2.34. The predicted octanol–water partition coefficient (Wildman–Crippen LogP) is 4.12.